The van der Waals surface area contributed by atoms with E-state index in [1.807, 2.05) is 18.2 Å². The number of esters is 1. The number of ether oxygens (including phenoxy) is 3. The van der Waals surface area contributed by atoms with Crippen LogP contribution in [-0.4, -0.2) is 42.2 Å². The zero-order valence-electron chi connectivity index (χ0n) is 28.3. The molecule has 0 fully saturated rings. The fourth-order valence-electron chi connectivity index (χ4n) is 5.21. The Labute approximate surface area is 282 Å². The van der Waals surface area contributed by atoms with Crippen LogP contribution in [0.3, 0.4) is 0 Å². The van der Waals surface area contributed by atoms with E-state index in [1.54, 1.807) is 54.7 Å². The van der Waals surface area contributed by atoms with Crippen LogP contribution in [0.25, 0.3) is 0 Å². The minimum atomic E-state index is -0.450. The smallest absolute Gasteiger partial charge is 0.343 e. The number of hydrogen-bond donors (Lipinski definition) is 2. The van der Waals surface area contributed by atoms with Gasteiger partial charge in [-0.25, -0.2) is 4.79 Å². The van der Waals surface area contributed by atoms with E-state index < -0.39 is 5.97 Å². The lowest BCUT2D eigenvalue weighted by molar-refractivity contribution is 0.0734. The third kappa shape index (κ3) is 16.0. The van der Waals surface area contributed by atoms with Gasteiger partial charge in [0.2, 0.25) is 0 Å². The third-order valence-electron chi connectivity index (χ3n) is 8.08. The Kier molecular flexibility index (Phi) is 18.8. The Bertz CT molecular complexity index is 1290. The molecule has 7 heteroatoms. The molecule has 2 N–H and O–H groups in total. The fraction of sp³-hybridized carbons (Fsp3) is 0.500. The Balaban J connectivity index is 1.33. The topological polar surface area (TPSA) is 97.6 Å². The zero-order valence-corrected chi connectivity index (χ0v) is 28.3. The first kappa shape index (κ1) is 37.6. The molecule has 0 saturated heterocycles. The number of aliphatic hydroxyl groups excluding tert-OH is 1. The number of aliphatic imine (C=N–C) groups is 1. The van der Waals surface area contributed by atoms with Crippen LogP contribution in [0.4, 0.5) is 5.69 Å². The molecule has 3 aromatic rings. The van der Waals surface area contributed by atoms with Crippen LogP contribution < -0.4 is 14.2 Å². The van der Waals surface area contributed by atoms with Gasteiger partial charge in [-0.2, -0.15) is 0 Å². The molecule has 0 aromatic heterocycles. The second-order valence-corrected chi connectivity index (χ2v) is 12.1. The normalized spacial score (nSPS) is 11.2. The SMILES string of the molecule is CCCCCCCCCCCCOc1ccc(OC(=O)c2ccc(N=Cc3ccc(OCCCCCCCCO)cc3O)cc2)cc1. The largest absolute Gasteiger partial charge is 0.507 e. The lowest BCUT2D eigenvalue weighted by Crippen LogP contribution is -2.08. The predicted octanol–water partition coefficient (Wildman–Crippen LogP) is 10.4. The van der Waals surface area contributed by atoms with Crippen molar-refractivity contribution in [2.45, 2.75) is 110 Å². The summed E-state index contributed by atoms with van der Waals surface area (Å²) in [4.78, 5) is 17.1. The average molecular weight is 646 g/mol. The van der Waals surface area contributed by atoms with Gasteiger partial charge in [-0.15, -0.1) is 0 Å². The van der Waals surface area contributed by atoms with Gasteiger partial charge < -0.3 is 24.4 Å². The highest BCUT2D eigenvalue weighted by molar-refractivity contribution is 5.91. The number of aromatic hydroxyl groups is 1. The van der Waals surface area contributed by atoms with Crippen molar-refractivity contribution in [2.75, 3.05) is 19.8 Å². The van der Waals surface area contributed by atoms with Crippen molar-refractivity contribution in [2.24, 2.45) is 4.99 Å². The summed E-state index contributed by atoms with van der Waals surface area (Å²) in [7, 11) is 0. The van der Waals surface area contributed by atoms with Gasteiger partial charge in [0.05, 0.1) is 24.5 Å². The van der Waals surface area contributed by atoms with E-state index in [9.17, 15) is 9.90 Å². The highest BCUT2D eigenvalue weighted by Crippen LogP contribution is 2.24. The average Bonchev–Trinajstić information content (AvgIpc) is 3.09. The van der Waals surface area contributed by atoms with Crippen molar-refractivity contribution in [1.29, 1.82) is 0 Å². The maximum absolute atomic E-state index is 12.7. The number of phenols is 1. The van der Waals surface area contributed by atoms with Gasteiger partial charge >= 0.3 is 5.97 Å². The predicted molar refractivity (Wildman–Crippen MR) is 191 cm³/mol. The number of nitrogens with zero attached hydrogens (tertiary/aromatic N) is 1. The molecular weight excluding hydrogens is 590 g/mol. The van der Waals surface area contributed by atoms with Crippen molar-refractivity contribution in [3.05, 3.63) is 77.9 Å². The Morgan fingerprint density at radius 3 is 1.72 bits per heavy atom. The molecule has 0 radical (unpaired) electrons. The van der Waals surface area contributed by atoms with E-state index in [0.29, 0.717) is 41.5 Å². The Morgan fingerprint density at radius 2 is 1.15 bits per heavy atom. The molecule has 0 aliphatic heterocycles. The Morgan fingerprint density at radius 1 is 0.638 bits per heavy atom. The number of unbranched alkanes of at least 4 members (excludes halogenated alkanes) is 14. The van der Waals surface area contributed by atoms with Gasteiger partial charge in [0.25, 0.3) is 0 Å². The highest BCUT2D eigenvalue weighted by atomic mass is 16.5. The second-order valence-electron chi connectivity index (χ2n) is 12.1. The molecule has 7 nitrogen and oxygen atoms in total. The first-order chi connectivity index (χ1) is 23.1. The van der Waals surface area contributed by atoms with Crippen molar-refractivity contribution < 1.29 is 29.2 Å². The molecule has 0 bridgehead atoms. The maximum Gasteiger partial charge on any atom is 0.343 e. The number of rotatable bonds is 25. The number of carbonyl (C=O) groups is 1. The monoisotopic (exact) mass is 645 g/mol. The number of phenolic OH excluding ortho intramolecular Hbond substituents is 1. The van der Waals surface area contributed by atoms with Crippen LogP contribution in [0.5, 0.6) is 23.0 Å². The first-order valence-corrected chi connectivity index (χ1v) is 17.7. The molecular formula is C40H55NO6. The van der Waals surface area contributed by atoms with Crippen LogP contribution in [0.2, 0.25) is 0 Å². The van der Waals surface area contributed by atoms with Crippen LogP contribution >= 0.6 is 0 Å². The van der Waals surface area contributed by atoms with Crippen molar-refractivity contribution in [3.63, 3.8) is 0 Å². The van der Waals surface area contributed by atoms with Gasteiger partial charge in [0, 0.05) is 24.5 Å². The van der Waals surface area contributed by atoms with Gasteiger partial charge in [-0.1, -0.05) is 90.4 Å². The molecule has 0 aliphatic carbocycles. The standard InChI is InChI=1S/C40H55NO6/c1-2-3-4-5-6-7-8-10-13-16-29-45-36-24-26-37(27-25-36)47-40(44)33-18-21-35(22-19-33)41-32-34-20-23-38(31-39(34)43)46-30-17-14-11-9-12-15-28-42/h18-27,31-32,42-43H,2-17,28-30H2,1H3. The summed E-state index contributed by atoms with van der Waals surface area (Å²) in [6, 6.07) is 19.1. The van der Waals surface area contributed by atoms with Gasteiger partial charge in [-0.3, -0.25) is 4.99 Å². The molecule has 3 aromatic carbocycles. The van der Waals surface area contributed by atoms with Crippen LogP contribution in [0.15, 0.2) is 71.7 Å². The minimum Gasteiger partial charge on any atom is -0.507 e. The molecule has 0 atom stereocenters. The van der Waals surface area contributed by atoms with Gasteiger partial charge in [-0.05, 0) is 79.9 Å². The summed E-state index contributed by atoms with van der Waals surface area (Å²) in [6.07, 6.45) is 20.8. The van der Waals surface area contributed by atoms with E-state index in [0.717, 1.165) is 50.7 Å². The Hall–Kier alpha value is -3.84. The molecule has 47 heavy (non-hydrogen) atoms. The second kappa shape index (κ2) is 23.5. The highest BCUT2D eigenvalue weighted by Gasteiger charge is 2.09. The number of carbonyl (C=O) groups excluding carboxylic acids is 1. The summed E-state index contributed by atoms with van der Waals surface area (Å²) in [5, 5.41) is 19.2. The van der Waals surface area contributed by atoms with E-state index in [2.05, 4.69) is 11.9 Å². The third-order valence-corrected chi connectivity index (χ3v) is 8.08. The van der Waals surface area contributed by atoms with Crippen LogP contribution in [0.1, 0.15) is 126 Å². The molecule has 3 rings (SSSR count). The van der Waals surface area contributed by atoms with Crippen LogP contribution in [-0.2, 0) is 0 Å². The quantitative estimate of drug-likeness (QED) is 0.0412. The molecule has 0 aliphatic rings. The van der Waals surface area contributed by atoms with E-state index in [-0.39, 0.29) is 12.4 Å². The lowest BCUT2D eigenvalue weighted by atomic mass is 10.1. The number of hydrogen-bond acceptors (Lipinski definition) is 7. The van der Waals surface area contributed by atoms with Crippen LogP contribution in [0, 0.1) is 0 Å². The molecule has 0 spiro atoms. The van der Waals surface area contributed by atoms with Gasteiger partial charge in [0.1, 0.15) is 23.0 Å². The van der Waals surface area contributed by atoms with Gasteiger partial charge in [0.15, 0.2) is 0 Å². The molecule has 0 unspecified atom stereocenters. The first-order valence-electron chi connectivity index (χ1n) is 17.7. The summed E-state index contributed by atoms with van der Waals surface area (Å²) < 4.78 is 17.2. The minimum absolute atomic E-state index is 0.0886. The van der Waals surface area contributed by atoms with E-state index in [1.165, 1.54) is 57.8 Å². The molecule has 256 valence electrons. The molecule has 0 amide bonds. The lowest BCUT2D eigenvalue weighted by Gasteiger charge is -2.08. The fourth-order valence-corrected chi connectivity index (χ4v) is 5.21. The summed E-state index contributed by atoms with van der Waals surface area (Å²) >= 11 is 0. The van der Waals surface area contributed by atoms with Crippen molar-refractivity contribution in [3.8, 4) is 23.0 Å². The van der Waals surface area contributed by atoms with E-state index >= 15 is 0 Å². The summed E-state index contributed by atoms with van der Waals surface area (Å²) in [5.41, 5.74) is 1.63. The van der Waals surface area contributed by atoms with E-state index in [4.69, 9.17) is 19.3 Å². The number of benzene rings is 3. The molecule has 0 saturated carbocycles. The summed E-state index contributed by atoms with van der Waals surface area (Å²) in [5.74, 6) is 1.49. The maximum atomic E-state index is 12.7. The van der Waals surface area contributed by atoms with Crippen molar-refractivity contribution in [1.82, 2.24) is 0 Å². The molecule has 0 heterocycles. The summed E-state index contributed by atoms with van der Waals surface area (Å²) in [6.45, 7) is 3.81. The number of aliphatic hydroxyl groups is 1. The zero-order chi connectivity index (χ0) is 33.4. The van der Waals surface area contributed by atoms with Crippen molar-refractivity contribution >= 4 is 17.9 Å².